The number of carboxylic acid groups (broad SMARTS) is 3. The van der Waals surface area contributed by atoms with Crippen LogP contribution < -0.4 is 3.12 Å². The summed E-state index contributed by atoms with van der Waals surface area (Å²) in [4.78, 5) is 27.0. The van der Waals surface area contributed by atoms with E-state index in [-0.39, 0.29) is 0 Å². The number of aliphatic carboxylic acids is 3. The van der Waals surface area contributed by atoms with E-state index in [2.05, 4.69) is 41.9 Å². The number of hydrogen-bond donors (Lipinski definition) is 3. The molecule has 3 radical (unpaired) electrons. The molecule has 0 saturated carbocycles. The molecule has 3 N–H and O–H groups in total. The van der Waals surface area contributed by atoms with E-state index in [1.165, 1.54) is 41.4 Å². The Hall–Kier alpha value is -0.968. The van der Waals surface area contributed by atoms with E-state index in [1.807, 2.05) is 0 Å². The van der Waals surface area contributed by atoms with Crippen molar-refractivity contribution in [2.75, 3.05) is 0 Å². The van der Waals surface area contributed by atoms with Gasteiger partial charge in [0.1, 0.15) is 0 Å². The van der Waals surface area contributed by atoms with Gasteiger partial charge in [0.05, 0.1) is 0 Å². The molecule has 0 spiro atoms. The molecule has 0 fully saturated rings. The number of carboxylic acids is 3. The second-order valence-corrected chi connectivity index (χ2v) is 7.22. The van der Waals surface area contributed by atoms with E-state index in [0.29, 0.717) is 0 Å². The van der Waals surface area contributed by atoms with Crippen molar-refractivity contribution < 1.29 is 29.7 Å². The third-order valence-corrected chi connectivity index (χ3v) is 4.98. The van der Waals surface area contributed by atoms with E-state index >= 15 is 0 Å². The molecule has 0 heterocycles. The number of carbonyl (C=O) groups is 3. The summed E-state index contributed by atoms with van der Waals surface area (Å²) in [5, 5.41) is 22.2. The molecule has 0 aliphatic heterocycles. The zero-order chi connectivity index (χ0) is 19.9. The molecule has 0 aliphatic rings. The standard InChI is InChI=1S/C10H12Br.3C2H4O2.Pb/c1-3-8-5-9(4-2)7-10(11)6-8;3*1-2(3)4;/h6-7H,3-4H2,1-2H3;3*1H3,(H,3,4);. The van der Waals surface area contributed by atoms with Gasteiger partial charge in [0, 0.05) is 20.8 Å². The normalized spacial score (nSPS) is 8.29. The molecule has 1 aromatic carbocycles. The van der Waals surface area contributed by atoms with Gasteiger partial charge >= 0.3 is 99.2 Å². The zero-order valence-corrected chi connectivity index (χ0v) is 20.0. The first-order chi connectivity index (χ1) is 10.9. The fourth-order valence-corrected chi connectivity index (χ4v) is 3.77. The molecular weight excluding hydrogens is 575 g/mol. The summed E-state index contributed by atoms with van der Waals surface area (Å²) in [7, 11) is 0. The molecule has 1 rings (SSSR count). The van der Waals surface area contributed by atoms with Crippen molar-refractivity contribution in [3.8, 4) is 0 Å². The van der Waals surface area contributed by atoms with Crippen LogP contribution in [0.4, 0.5) is 0 Å². The van der Waals surface area contributed by atoms with Gasteiger partial charge in [-0.3, -0.25) is 14.4 Å². The van der Waals surface area contributed by atoms with Crippen molar-refractivity contribution in [2.24, 2.45) is 0 Å². The number of benzene rings is 1. The van der Waals surface area contributed by atoms with Crippen LogP contribution in [0.5, 0.6) is 0 Å². The molecule has 0 unspecified atom stereocenters. The van der Waals surface area contributed by atoms with Crippen LogP contribution in [0.25, 0.3) is 0 Å². The summed E-state index contributed by atoms with van der Waals surface area (Å²) in [5.41, 5.74) is 3.04. The molecule has 0 bridgehead atoms. The van der Waals surface area contributed by atoms with Crippen LogP contribution >= 0.6 is 15.9 Å². The Balaban J connectivity index is -0.000000304. The molecule has 0 amide bonds. The minimum absolute atomic E-state index is 0.833. The summed E-state index contributed by atoms with van der Waals surface area (Å²) in [6.45, 7) is 7.70. The summed E-state index contributed by atoms with van der Waals surface area (Å²) >= 11 is 4.72. The van der Waals surface area contributed by atoms with Crippen LogP contribution in [0, 0.1) is 0 Å². The van der Waals surface area contributed by atoms with Gasteiger partial charge in [-0.15, -0.1) is 0 Å². The Labute approximate surface area is 167 Å². The molecule has 0 aromatic heterocycles. The van der Waals surface area contributed by atoms with Crippen molar-refractivity contribution >= 4 is 62.7 Å². The van der Waals surface area contributed by atoms with Crippen LogP contribution in [0.2, 0.25) is 0 Å². The van der Waals surface area contributed by atoms with Crippen molar-refractivity contribution in [3.63, 3.8) is 0 Å². The molecule has 1 aromatic rings. The average molecular weight is 599 g/mol. The zero-order valence-electron chi connectivity index (χ0n) is 14.5. The van der Waals surface area contributed by atoms with E-state index < -0.39 is 17.9 Å². The van der Waals surface area contributed by atoms with E-state index in [0.717, 1.165) is 33.6 Å². The predicted octanol–water partition coefficient (Wildman–Crippen LogP) is 2.64. The Morgan fingerprint density at radius 1 is 0.875 bits per heavy atom. The first-order valence-electron chi connectivity index (χ1n) is 7.00. The maximum atomic E-state index is 9.00. The van der Waals surface area contributed by atoms with E-state index in [9.17, 15) is 0 Å². The van der Waals surface area contributed by atoms with Crippen LogP contribution in [0.3, 0.4) is 0 Å². The second kappa shape index (κ2) is 16.9. The van der Waals surface area contributed by atoms with Crippen molar-refractivity contribution in [3.05, 3.63) is 27.7 Å². The second-order valence-electron chi connectivity index (χ2n) is 4.36. The summed E-state index contributed by atoms with van der Waals surface area (Å²) in [5.74, 6) is -2.50. The van der Waals surface area contributed by atoms with Gasteiger partial charge in [0.2, 0.25) is 0 Å². The fourth-order valence-electron chi connectivity index (χ4n) is 1.28. The van der Waals surface area contributed by atoms with Crippen LogP contribution in [0.1, 0.15) is 45.7 Å². The van der Waals surface area contributed by atoms with Gasteiger partial charge in [-0.2, -0.15) is 0 Å². The average Bonchev–Trinajstić information content (AvgIpc) is 2.39. The van der Waals surface area contributed by atoms with Crippen LogP contribution in [-0.2, 0) is 27.2 Å². The fraction of sp³-hybridized carbons (Fsp3) is 0.438. The molecule has 135 valence electrons. The topological polar surface area (TPSA) is 112 Å². The molecule has 0 atom stereocenters. The summed E-state index contributed by atoms with van der Waals surface area (Å²) < 4.78 is 2.83. The summed E-state index contributed by atoms with van der Waals surface area (Å²) in [6.07, 6.45) is 2.32. The minimum atomic E-state index is -0.833. The number of hydrogen-bond acceptors (Lipinski definition) is 3. The molecule has 6 nitrogen and oxygen atoms in total. The Kier molecular flexibility index (Phi) is 19.6. The monoisotopic (exact) mass is 599 g/mol. The van der Waals surface area contributed by atoms with Crippen molar-refractivity contribution in [1.82, 2.24) is 0 Å². The molecule has 24 heavy (non-hydrogen) atoms. The number of rotatable bonds is 2. The van der Waals surface area contributed by atoms with Crippen LogP contribution in [-0.4, -0.2) is 59.0 Å². The predicted molar refractivity (Wildman–Crippen MR) is 98.2 cm³/mol. The van der Waals surface area contributed by atoms with Gasteiger partial charge in [-0.25, -0.2) is 0 Å². The van der Waals surface area contributed by atoms with E-state index in [4.69, 9.17) is 29.7 Å². The van der Waals surface area contributed by atoms with Crippen molar-refractivity contribution in [1.29, 1.82) is 0 Å². The third-order valence-electron chi connectivity index (χ3n) is 2.03. The van der Waals surface area contributed by atoms with Gasteiger partial charge in [-0.1, -0.05) is 0 Å². The number of aryl methyl sites for hydroxylation is 2. The Morgan fingerprint density at radius 2 is 1.08 bits per heavy atom. The molecule has 0 aliphatic carbocycles. The van der Waals surface area contributed by atoms with Crippen molar-refractivity contribution in [2.45, 2.75) is 47.5 Å². The first kappa shape index (κ1) is 27.9. The summed E-state index contributed by atoms with van der Waals surface area (Å²) in [6, 6.07) is 4.50. The SMILES string of the molecule is CC(=O)O.CC(=O)O.CC(=O)O.CCc1cc(Br)cc(CC)[c]1[Pb]. The quantitative estimate of drug-likeness (QED) is 0.451. The van der Waals surface area contributed by atoms with E-state index in [1.54, 1.807) is 3.12 Å². The maximum absolute atomic E-state index is 9.00. The third kappa shape index (κ3) is 23.3. The molecular formula is C16H24BrO6Pb. The number of halogens is 1. The molecule has 8 heteroatoms. The van der Waals surface area contributed by atoms with Gasteiger partial charge in [0.25, 0.3) is 17.9 Å². The van der Waals surface area contributed by atoms with Gasteiger partial charge in [0.15, 0.2) is 0 Å². The Bertz CT molecular complexity index is 466. The van der Waals surface area contributed by atoms with Gasteiger partial charge in [-0.05, 0) is 0 Å². The Morgan fingerprint density at radius 3 is 1.25 bits per heavy atom. The van der Waals surface area contributed by atoms with Crippen LogP contribution in [0.15, 0.2) is 16.6 Å². The molecule has 0 saturated heterocycles. The van der Waals surface area contributed by atoms with Gasteiger partial charge < -0.3 is 15.3 Å². The first-order valence-corrected chi connectivity index (χ1v) is 9.73.